The third-order valence-electron chi connectivity index (χ3n) is 1.52. The Hall–Kier alpha value is -1.90. The summed E-state index contributed by atoms with van der Waals surface area (Å²) in [4.78, 5) is 0. The van der Waals surface area contributed by atoms with Crippen LogP contribution in [0.5, 0.6) is 5.75 Å². The van der Waals surface area contributed by atoms with Crippen molar-refractivity contribution in [2.45, 2.75) is 6.18 Å². The Kier molecular flexibility index (Phi) is 3.04. The zero-order valence-corrected chi connectivity index (χ0v) is 7.51. The third-order valence-corrected chi connectivity index (χ3v) is 1.52. The van der Waals surface area contributed by atoms with Gasteiger partial charge in [0.05, 0.1) is 5.56 Å². The number of anilines is 1. The van der Waals surface area contributed by atoms with E-state index in [-0.39, 0.29) is 17.0 Å². The predicted octanol–water partition coefficient (Wildman–Crippen LogP) is 2.08. The van der Waals surface area contributed by atoms with E-state index in [0.717, 1.165) is 0 Å². The molecule has 0 aliphatic heterocycles. The van der Waals surface area contributed by atoms with Crippen molar-refractivity contribution in [3.8, 4) is 11.8 Å². The molecule has 0 aliphatic rings. The van der Waals surface area contributed by atoms with E-state index < -0.39 is 12.8 Å². The van der Waals surface area contributed by atoms with E-state index in [2.05, 4.69) is 4.74 Å². The average molecular weight is 216 g/mol. The van der Waals surface area contributed by atoms with Gasteiger partial charge in [-0.3, -0.25) is 0 Å². The Morgan fingerprint density at radius 1 is 1.40 bits per heavy atom. The molecule has 0 radical (unpaired) electrons. The molecule has 0 aromatic heterocycles. The second kappa shape index (κ2) is 4.09. The number of nitrogens with two attached hydrogens (primary N) is 1. The molecule has 2 N–H and O–H groups in total. The highest BCUT2D eigenvalue weighted by molar-refractivity contribution is 5.52. The van der Waals surface area contributed by atoms with Gasteiger partial charge in [-0.05, 0) is 12.1 Å². The van der Waals surface area contributed by atoms with Crippen LogP contribution in [-0.2, 0) is 0 Å². The van der Waals surface area contributed by atoms with Crippen LogP contribution in [0, 0.1) is 11.3 Å². The molecule has 0 saturated heterocycles. The topological polar surface area (TPSA) is 59.0 Å². The summed E-state index contributed by atoms with van der Waals surface area (Å²) in [7, 11) is 0. The fraction of sp³-hybridized carbons (Fsp3) is 0.222. The van der Waals surface area contributed by atoms with Crippen LogP contribution in [0.4, 0.5) is 18.9 Å². The molecule has 0 heterocycles. The van der Waals surface area contributed by atoms with E-state index in [9.17, 15) is 13.2 Å². The SMILES string of the molecule is N#Cc1ccc(N)cc1OCC(F)(F)F. The summed E-state index contributed by atoms with van der Waals surface area (Å²) in [6.45, 7) is -1.44. The van der Waals surface area contributed by atoms with Crippen LogP contribution in [0.15, 0.2) is 18.2 Å². The number of hydrogen-bond acceptors (Lipinski definition) is 3. The molecular formula is C9H7F3N2O. The van der Waals surface area contributed by atoms with Gasteiger partial charge in [-0.2, -0.15) is 18.4 Å². The van der Waals surface area contributed by atoms with Crippen LogP contribution >= 0.6 is 0 Å². The van der Waals surface area contributed by atoms with Crippen molar-refractivity contribution < 1.29 is 17.9 Å². The molecule has 3 nitrogen and oxygen atoms in total. The summed E-state index contributed by atoms with van der Waals surface area (Å²) in [6.07, 6.45) is -4.43. The van der Waals surface area contributed by atoms with Gasteiger partial charge in [0.15, 0.2) is 6.61 Å². The summed E-state index contributed by atoms with van der Waals surface area (Å²) in [5, 5.41) is 8.59. The molecule has 1 rings (SSSR count). The molecule has 0 amide bonds. The van der Waals surface area contributed by atoms with Gasteiger partial charge in [0, 0.05) is 11.8 Å². The molecule has 0 atom stereocenters. The van der Waals surface area contributed by atoms with E-state index in [4.69, 9.17) is 11.0 Å². The number of nitrogen functional groups attached to an aromatic ring is 1. The normalized spacial score (nSPS) is 10.8. The van der Waals surface area contributed by atoms with Crippen LogP contribution in [0.2, 0.25) is 0 Å². The lowest BCUT2D eigenvalue weighted by Crippen LogP contribution is -2.19. The lowest BCUT2D eigenvalue weighted by atomic mass is 10.2. The van der Waals surface area contributed by atoms with Crippen LogP contribution in [0.3, 0.4) is 0 Å². The number of nitrogens with zero attached hydrogens (tertiary/aromatic N) is 1. The lowest BCUT2D eigenvalue weighted by molar-refractivity contribution is -0.153. The van der Waals surface area contributed by atoms with Crippen molar-refractivity contribution in [2.75, 3.05) is 12.3 Å². The van der Waals surface area contributed by atoms with Gasteiger partial charge >= 0.3 is 6.18 Å². The van der Waals surface area contributed by atoms with E-state index in [0.29, 0.717) is 0 Å². The number of alkyl halides is 3. The summed E-state index contributed by atoms with van der Waals surface area (Å²) in [5.41, 5.74) is 5.61. The minimum Gasteiger partial charge on any atom is -0.483 e. The number of benzene rings is 1. The summed E-state index contributed by atoms with van der Waals surface area (Å²) < 4.78 is 40.0. The molecule has 0 unspecified atom stereocenters. The molecule has 0 aliphatic carbocycles. The number of rotatable bonds is 2. The van der Waals surface area contributed by atoms with E-state index in [1.54, 1.807) is 6.07 Å². The molecule has 0 spiro atoms. The number of halogens is 3. The summed E-state index contributed by atoms with van der Waals surface area (Å²) in [6, 6.07) is 5.62. The first-order valence-corrected chi connectivity index (χ1v) is 3.91. The van der Waals surface area contributed by atoms with Crippen LogP contribution in [0.1, 0.15) is 5.56 Å². The minimum atomic E-state index is -4.43. The van der Waals surface area contributed by atoms with E-state index >= 15 is 0 Å². The highest BCUT2D eigenvalue weighted by Crippen LogP contribution is 2.23. The van der Waals surface area contributed by atoms with Crippen LogP contribution in [-0.4, -0.2) is 12.8 Å². The standard InChI is InChI=1S/C9H7F3N2O/c10-9(11,12)5-15-8-3-7(14)2-1-6(8)4-13/h1-3H,5,14H2. The number of nitriles is 1. The monoisotopic (exact) mass is 216 g/mol. The molecule has 80 valence electrons. The number of ether oxygens (including phenoxy) is 1. The van der Waals surface area contributed by atoms with Crippen molar-refractivity contribution >= 4 is 5.69 Å². The highest BCUT2D eigenvalue weighted by Gasteiger charge is 2.28. The first kappa shape index (κ1) is 11.2. The van der Waals surface area contributed by atoms with Gasteiger partial charge in [0.2, 0.25) is 0 Å². The van der Waals surface area contributed by atoms with Crippen molar-refractivity contribution in [1.82, 2.24) is 0 Å². The smallest absolute Gasteiger partial charge is 0.422 e. The first-order valence-electron chi connectivity index (χ1n) is 3.91. The molecular weight excluding hydrogens is 209 g/mol. The van der Waals surface area contributed by atoms with Gasteiger partial charge in [0.1, 0.15) is 11.8 Å². The Morgan fingerprint density at radius 3 is 2.60 bits per heavy atom. The van der Waals surface area contributed by atoms with Crippen molar-refractivity contribution in [3.05, 3.63) is 23.8 Å². The Morgan fingerprint density at radius 2 is 2.07 bits per heavy atom. The third kappa shape index (κ3) is 3.38. The second-order valence-corrected chi connectivity index (χ2v) is 2.77. The number of hydrogen-bond donors (Lipinski definition) is 1. The van der Waals surface area contributed by atoms with Gasteiger partial charge in [-0.25, -0.2) is 0 Å². The maximum Gasteiger partial charge on any atom is 0.422 e. The van der Waals surface area contributed by atoms with Gasteiger partial charge in [0.25, 0.3) is 0 Å². The molecule has 0 fully saturated rings. The highest BCUT2D eigenvalue weighted by atomic mass is 19.4. The van der Waals surface area contributed by atoms with Crippen LogP contribution in [0.25, 0.3) is 0 Å². The van der Waals surface area contributed by atoms with Crippen LogP contribution < -0.4 is 10.5 Å². The van der Waals surface area contributed by atoms with E-state index in [1.165, 1.54) is 18.2 Å². The predicted molar refractivity (Wildman–Crippen MR) is 47.1 cm³/mol. The average Bonchev–Trinajstić information content (AvgIpc) is 2.14. The lowest BCUT2D eigenvalue weighted by Gasteiger charge is -2.10. The first-order chi connectivity index (χ1) is 6.92. The summed E-state index contributed by atoms with van der Waals surface area (Å²) in [5.74, 6) is -0.158. The Balaban J connectivity index is 2.85. The van der Waals surface area contributed by atoms with Gasteiger partial charge in [-0.1, -0.05) is 0 Å². The Bertz CT molecular complexity index is 395. The summed E-state index contributed by atoms with van der Waals surface area (Å²) >= 11 is 0. The maximum absolute atomic E-state index is 11.8. The molecule has 6 heteroatoms. The van der Waals surface area contributed by atoms with Crippen molar-refractivity contribution in [3.63, 3.8) is 0 Å². The zero-order valence-electron chi connectivity index (χ0n) is 7.51. The molecule has 0 bridgehead atoms. The molecule has 1 aromatic carbocycles. The van der Waals surface area contributed by atoms with Gasteiger partial charge < -0.3 is 10.5 Å². The van der Waals surface area contributed by atoms with Crippen molar-refractivity contribution in [2.24, 2.45) is 0 Å². The molecule has 1 aromatic rings. The fourth-order valence-corrected chi connectivity index (χ4v) is 0.910. The molecule has 0 saturated carbocycles. The molecule has 15 heavy (non-hydrogen) atoms. The second-order valence-electron chi connectivity index (χ2n) is 2.77. The quantitative estimate of drug-likeness (QED) is 0.770. The Labute approximate surface area is 83.9 Å². The van der Waals surface area contributed by atoms with Gasteiger partial charge in [-0.15, -0.1) is 0 Å². The largest absolute Gasteiger partial charge is 0.483 e. The zero-order chi connectivity index (χ0) is 11.5. The minimum absolute atomic E-state index is 0.0217. The van der Waals surface area contributed by atoms with E-state index in [1.807, 2.05) is 0 Å². The fourth-order valence-electron chi connectivity index (χ4n) is 0.910. The maximum atomic E-state index is 11.8. The van der Waals surface area contributed by atoms with Crippen molar-refractivity contribution in [1.29, 1.82) is 5.26 Å².